The molecule has 0 aromatic heterocycles. The van der Waals surface area contributed by atoms with Crippen molar-refractivity contribution in [2.75, 3.05) is 18.8 Å². The van der Waals surface area contributed by atoms with Gasteiger partial charge >= 0.3 is 12.3 Å². The molecule has 0 radical (unpaired) electrons. The van der Waals surface area contributed by atoms with Gasteiger partial charge in [0, 0.05) is 18.8 Å². The number of ether oxygens (including phenoxy) is 1. The van der Waals surface area contributed by atoms with Gasteiger partial charge in [-0.05, 0) is 69.2 Å². The number of hydrogen-bond donors (Lipinski definition) is 1. The maximum Gasteiger partial charge on any atom is 0.416 e. The molecule has 1 unspecified atom stereocenters. The van der Waals surface area contributed by atoms with Gasteiger partial charge in [0.15, 0.2) is 0 Å². The predicted octanol–water partition coefficient (Wildman–Crippen LogP) is 5.04. The molecule has 1 aromatic rings. The van der Waals surface area contributed by atoms with E-state index in [1.54, 1.807) is 11.0 Å². The molecule has 0 bridgehead atoms. The molecule has 1 heterocycles. The molecular weight excluding hydrogens is 345 g/mol. The molecule has 1 fully saturated rings. The third-order valence-corrected chi connectivity index (χ3v) is 4.73. The van der Waals surface area contributed by atoms with Gasteiger partial charge in [-0.2, -0.15) is 13.2 Å². The van der Waals surface area contributed by atoms with Crippen LogP contribution in [0.5, 0.6) is 0 Å². The average Bonchev–Trinajstić information content (AvgIpc) is 2.51. The molecule has 26 heavy (non-hydrogen) atoms. The molecule has 0 saturated carbocycles. The van der Waals surface area contributed by atoms with Crippen molar-refractivity contribution < 1.29 is 22.7 Å². The first-order chi connectivity index (χ1) is 11.9. The van der Waals surface area contributed by atoms with Gasteiger partial charge in [-0.3, -0.25) is 0 Å². The Kier molecular flexibility index (Phi) is 5.78. The van der Waals surface area contributed by atoms with Crippen LogP contribution in [-0.2, 0) is 10.9 Å². The number of likely N-dealkylation sites (tertiary alicyclic amines) is 1. The number of hydrogen-bond acceptors (Lipinski definition) is 3. The van der Waals surface area contributed by atoms with Crippen molar-refractivity contribution in [3.63, 3.8) is 0 Å². The number of nitrogens with zero attached hydrogens (tertiary/aromatic N) is 1. The van der Waals surface area contributed by atoms with E-state index in [4.69, 9.17) is 10.5 Å². The zero-order valence-electron chi connectivity index (χ0n) is 15.7. The highest BCUT2D eigenvalue weighted by atomic mass is 19.4. The van der Waals surface area contributed by atoms with Crippen LogP contribution in [0, 0.1) is 5.92 Å². The number of amides is 1. The summed E-state index contributed by atoms with van der Waals surface area (Å²) >= 11 is 0. The van der Waals surface area contributed by atoms with E-state index in [0.29, 0.717) is 18.7 Å². The number of halogens is 3. The fourth-order valence-corrected chi connectivity index (χ4v) is 3.28. The number of piperidine rings is 1. The standard InChI is InChI=1S/C19H27F3N2O2/c1-12(14-9-15(19(20,21)22)11-16(23)10-14)13-5-7-24(8-6-13)17(25)26-18(2,3)4/h9-13H,5-8,23H2,1-4H3. The summed E-state index contributed by atoms with van der Waals surface area (Å²) in [7, 11) is 0. The Morgan fingerprint density at radius 2 is 1.77 bits per heavy atom. The fraction of sp³-hybridized carbons (Fsp3) is 0.632. The quantitative estimate of drug-likeness (QED) is 0.740. The molecule has 0 spiro atoms. The van der Waals surface area contributed by atoms with E-state index >= 15 is 0 Å². The third-order valence-electron chi connectivity index (χ3n) is 4.73. The van der Waals surface area contributed by atoms with Gasteiger partial charge in [0.05, 0.1) is 5.56 Å². The lowest BCUT2D eigenvalue weighted by atomic mass is 9.81. The largest absolute Gasteiger partial charge is 0.444 e. The summed E-state index contributed by atoms with van der Waals surface area (Å²) < 4.78 is 44.4. The number of benzene rings is 1. The van der Waals surface area contributed by atoms with Crippen molar-refractivity contribution in [1.29, 1.82) is 0 Å². The lowest BCUT2D eigenvalue weighted by molar-refractivity contribution is -0.137. The van der Waals surface area contributed by atoms with E-state index in [0.717, 1.165) is 18.9 Å². The fourth-order valence-electron chi connectivity index (χ4n) is 3.28. The molecule has 2 N–H and O–H groups in total. The molecule has 1 aliphatic heterocycles. The predicted molar refractivity (Wildman–Crippen MR) is 94.8 cm³/mol. The maximum absolute atomic E-state index is 13.0. The second-order valence-electron chi connectivity index (χ2n) is 7.98. The number of carbonyl (C=O) groups is 1. The Labute approximate surface area is 152 Å². The van der Waals surface area contributed by atoms with Crippen molar-refractivity contribution in [2.45, 2.75) is 58.2 Å². The minimum atomic E-state index is -4.41. The van der Waals surface area contributed by atoms with Crippen LogP contribution in [0.1, 0.15) is 57.6 Å². The molecule has 2 rings (SSSR count). The number of alkyl halides is 3. The minimum Gasteiger partial charge on any atom is -0.444 e. The lowest BCUT2D eigenvalue weighted by Gasteiger charge is -2.36. The molecular formula is C19H27F3N2O2. The smallest absolute Gasteiger partial charge is 0.416 e. The highest BCUT2D eigenvalue weighted by molar-refractivity contribution is 5.68. The summed E-state index contributed by atoms with van der Waals surface area (Å²) in [5.41, 5.74) is 5.12. The summed E-state index contributed by atoms with van der Waals surface area (Å²) in [5.74, 6) is 0.122. The van der Waals surface area contributed by atoms with Crippen LogP contribution in [-0.4, -0.2) is 29.7 Å². The summed E-state index contributed by atoms with van der Waals surface area (Å²) in [5, 5.41) is 0. The van der Waals surface area contributed by atoms with Crippen molar-refractivity contribution in [3.05, 3.63) is 29.3 Å². The summed E-state index contributed by atoms with van der Waals surface area (Å²) in [6.07, 6.45) is -3.32. The lowest BCUT2D eigenvalue weighted by Crippen LogP contribution is -2.42. The first-order valence-corrected chi connectivity index (χ1v) is 8.82. The van der Waals surface area contributed by atoms with Crippen molar-refractivity contribution >= 4 is 11.8 Å². The number of anilines is 1. The van der Waals surface area contributed by atoms with Gasteiger partial charge in [-0.1, -0.05) is 6.92 Å². The second kappa shape index (κ2) is 7.37. The number of nitrogens with two attached hydrogens (primary N) is 1. The normalized spacial score (nSPS) is 17.9. The Bertz CT molecular complexity index is 645. The zero-order chi connectivity index (χ0) is 19.7. The molecule has 1 amide bonds. The Hall–Kier alpha value is -1.92. The van der Waals surface area contributed by atoms with Crippen molar-refractivity contribution in [1.82, 2.24) is 4.90 Å². The molecule has 1 aromatic carbocycles. The van der Waals surface area contributed by atoms with E-state index in [1.165, 1.54) is 6.07 Å². The third kappa shape index (κ3) is 5.29. The van der Waals surface area contributed by atoms with E-state index in [1.807, 2.05) is 27.7 Å². The maximum atomic E-state index is 13.0. The van der Waals surface area contributed by atoms with Crippen LogP contribution in [0.2, 0.25) is 0 Å². The van der Waals surface area contributed by atoms with Crippen LogP contribution >= 0.6 is 0 Å². The first-order valence-electron chi connectivity index (χ1n) is 8.82. The van der Waals surface area contributed by atoms with Crippen LogP contribution in [0.3, 0.4) is 0 Å². The second-order valence-corrected chi connectivity index (χ2v) is 7.98. The highest BCUT2D eigenvalue weighted by Gasteiger charge is 2.33. The van der Waals surface area contributed by atoms with Gasteiger partial charge < -0.3 is 15.4 Å². The number of carbonyl (C=O) groups excluding carboxylic acids is 1. The van der Waals surface area contributed by atoms with Gasteiger partial charge in [0.2, 0.25) is 0 Å². The van der Waals surface area contributed by atoms with E-state index < -0.39 is 17.3 Å². The van der Waals surface area contributed by atoms with Gasteiger partial charge in [0.25, 0.3) is 0 Å². The van der Waals surface area contributed by atoms with Crippen LogP contribution in [0.25, 0.3) is 0 Å². The van der Waals surface area contributed by atoms with Crippen LogP contribution in [0.15, 0.2) is 18.2 Å². The molecule has 1 saturated heterocycles. The van der Waals surface area contributed by atoms with E-state index in [-0.39, 0.29) is 23.6 Å². The van der Waals surface area contributed by atoms with Crippen molar-refractivity contribution in [2.24, 2.45) is 5.92 Å². The monoisotopic (exact) mass is 372 g/mol. The molecule has 146 valence electrons. The first kappa shape index (κ1) is 20.4. The van der Waals surface area contributed by atoms with Crippen molar-refractivity contribution in [3.8, 4) is 0 Å². The zero-order valence-corrected chi connectivity index (χ0v) is 15.7. The Morgan fingerprint density at radius 1 is 1.19 bits per heavy atom. The SMILES string of the molecule is CC(c1cc(N)cc(C(F)(F)F)c1)C1CCN(C(=O)OC(C)(C)C)CC1. The van der Waals surface area contributed by atoms with Gasteiger partial charge in [-0.15, -0.1) is 0 Å². The molecule has 4 nitrogen and oxygen atoms in total. The summed E-state index contributed by atoms with van der Waals surface area (Å²) in [6, 6.07) is 3.75. The Balaban J connectivity index is 2.04. The van der Waals surface area contributed by atoms with Gasteiger partial charge in [0.1, 0.15) is 5.60 Å². The van der Waals surface area contributed by atoms with Gasteiger partial charge in [-0.25, -0.2) is 4.79 Å². The van der Waals surface area contributed by atoms with Crippen LogP contribution < -0.4 is 5.73 Å². The molecule has 1 aliphatic rings. The molecule has 7 heteroatoms. The summed E-state index contributed by atoms with van der Waals surface area (Å²) in [6.45, 7) is 8.45. The topological polar surface area (TPSA) is 55.6 Å². The van der Waals surface area contributed by atoms with E-state index in [9.17, 15) is 18.0 Å². The van der Waals surface area contributed by atoms with E-state index in [2.05, 4.69) is 0 Å². The average molecular weight is 372 g/mol. The molecule has 0 aliphatic carbocycles. The number of nitrogen functional groups attached to an aromatic ring is 1. The Morgan fingerprint density at radius 3 is 2.27 bits per heavy atom. The highest BCUT2D eigenvalue weighted by Crippen LogP contribution is 2.37. The molecule has 1 atom stereocenters. The number of rotatable bonds is 2. The minimum absolute atomic E-state index is 0.0691. The summed E-state index contributed by atoms with van der Waals surface area (Å²) in [4.78, 5) is 13.8. The van der Waals surface area contributed by atoms with Crippen LogP contribution in [0.4, 0.5) is 23.7 Å².